The molecule has 0 aromatic carbocycles. The van der Waals surface area contributed by atoms with Gasteiger partial charge in [0.15, 0.2) is 0 Å². The van der Waals surface area contributed by atoms with Crippen LogP contribution in [0.5, 0.6) is 0 Å². The van der Waals surface area contributed by atoms with E-state index in [0.717, 1.165) is 24.6 Å². The number of nitrogens with zero attached hydrogens (tertiary/aromatic N) is 2. The zero-order chi connectivity index (χ0) is 10.4. The van der Waals surface area contributed by atoms with Gasteiger partial charge in [0.1, 0.15) is 5.82 Å². The van der Waals surface area contributed by atoms with Gasteiger partial charge < -0.3 is 10.6 Å². The molecule has 0 aliphatic rings. The van der Waals surface area contributed by atoms with Gasteiger partial charge in [0.2, 0.25) is 0 Å². The van der Waals surface area contributed by atoms with Crippen LogP contribution >= 0.6 is 0 Å². The van der Waals surface area contributed by atoms with E-state index in [0.29, 0.717) is 5.92 Å². The zero-order valence-electron chi connectivity index (χ0n) is 9.04. The van der Waals surface area contributed by atoms with Gasteiger partial charge >= 0.3 is 0 Å². The third-order valence-corrected chi connectivity index (χ3v) is 1.77. The molecule has 0 aliphatic heterocycles. The molecular formula is C10H18N4. The van der Waals surface area contributed by atoms with E-state index in [9.17, 15) is 0 Å². The van der Waals surface area contributed by atoms with Gasteiger partial charge in [-0.15, -0.1) is 5.10 Å². The summed E-state index contributed by atoms with van der Waals surface area (Å²) < 4.78 is 0. The summed E-state index contributed by atoms with van der Waals surface area (Å²) in [7, 11) is 1.90. The molecule has 4 nitrogen and oxygen atoms in total. The molecule has 1 heterocycles. The Balaban J connectivity index is 2.46. The molecule has 0 saturated carbocycles. The van der Waals surface area contributed by atoms with Gasteiger partial charge in [0.05, 0.1) is 5.69 Å². The molecule has 2 N–H and O–H groups in total. The first-order valence-electron chi connectivity index (χ1n) is 4.93. The van der Waals surface area contributed by atoms with E-state index in [1.165, 1.54) is 0 Å². The second kappa shape index (κ2) is 5.54. The van der Waals surface area contributed by atoms with Crippen LogP contribution in [-0.4, -0.2) is 23.8 Å². The summed E-state index contributed by atoms with van der Waals surface area (Å²) in [5.41, 5.74) is 0.961. The molecule has 0 spiro atoms. The first-order chi connectivity index (χ1) is 6.72. The number of anilines is 1. The molecule has 0 atom stereocenters. The van der Waals surface area contributed by atoms with Crippen molar-refractivity contribution in [3.05, 3.63) is 17.8 Å². The average Bonchev–Trinajstić information content (AvgIpc) is 2.17. The first kappa shape index (κ1) is 10.9. The predicted molar refractivity (Wildman–Crippen MR) is 58.1 cm³/mol. The van der Waals surface area contributed by atoms with Crippen LogP contribution in [0.2, 0.25) is 0 Å². The Hall–Kier alpha value is -1.16. The highest BCUT2D eigenvalue weighted by Crippen LogP contribution is 2.03. The minimum Gasteiger partial charge on any atom is -0.368 e. The number of nitrogens with one attached hydrogen (secondary N) is 2. The smallest absolute Gasteiger partial charge is 0.148 e. The van der Waals surface area contributed by atoms with Crippen molar-refractivity contribution < 1.29 is 0 Å². The van der Waals surface area contributed by atoms with Crippen molar-refractivity contribution in [3.8, 4) is 0 Å². The molecule has 0 radical (unpaired) electrons. The summed E-state index contributed by atoms with van der Waals surface area (Å²) in [5.74, 6) is 1.47. The van der Waals surface area contributed by atoms with Crippen molar-refractivity contribution in [1.29, 1.82) is 0 Å². The highest BCUT2D eigenvalue weighted by Gasteiger charge is 1.97. The molecule has 78 valence electrons. The van der Waals surface area contributed by atoms with E-state index in [2.05, 4.69) is 34.7 Å². The Kier molecular flexibility index (Phi) is 4.32. The second-order valence-corrected chi connectivity index (χ2v) is 3.71. The van der Waals surface area contributed by atoms with Crippen LogP contribution in [0.1, 0.15) is 19.5 Å². The van der Waals surface area contributed by atoms with E-state index in [1.807, 2.05) is 19.2 Å². The molecule has 0 bridgehead atoms. The Morgan fingerprint density at radius 1 is 1.29 bits per heavy atom. The lowest BCUT2D eigenvalue weighted by molar-refractivity contribution is 0.684. The molecule has 0 unspecified atom stereocenters. The Morgan fingerprint density at radius 2 is 2.07 bits per heavy atom. The van der Waals surface area contributed by atoms with Crippen LogP contribution in [-0.2, 0) is 6.54 Å². The van der Waals surface area contributed by atoms with Crippen LogP contribution in [0, 0.1) is 5.92 Å². The third-order valence-electron chi connectivity index (χ3n) is 1.77. The van der Waals surface area contributed by atoms with Crippen molar-refractivity contribution in [2.45, 2.75) is 20.4 Å². The van der Waals surface area contributed by atoms with Crippen molar-refractivity contribution in [2.24, 2.45) is 5.92 Å². The van der Waals surface area contributed by atoms with Crippen molar-refractivity contribution in [2.75, 3.05) is 18.9 Å². The molecule has 1 aromatic heterocycles. The van der Waals surface area contributed by atoms with Gasteiger partial charge in [-0.1, -0.05) is 13.8 Å². The molecule has 14 heavy (non-hydrogen) atoms. The highest BCUT2D eigenvalue weighted by molar-refractivity contribution is 5.32. The summed E-state index contributed by atoms with van der Waals surface area (Å²) in [6.07, 6.45) is 0. The fourth-order valence-electron chi connectivity index (χ4n) is 1.04. The van der Waals surface area contributed by atoms with Crippen LogP contribution < -0.4 is 10.6 Å². The van der Waals surface area contributed by atoms with Gasteiger partial charge in [0, 0.05) is 13.1 Å². The van der Waals surface area contributed by atoms with Crippen LogP contribution in [0.4, 0.5) is 5.82 Å². The van der Waals surface area contributed by atoms with Crippen LogP contribution in [0.3, 0.4) is 0 Å². The standard InChI is InChI=1S/C10H18N4/c1-8(2)6-12-10-5-4-9(7-11-3)13-14-10/h4-5,8,11H,6-7H2,1-3H3,(H,12,14). The third kappa shape index (κ3) is 3.70. The summed E-state index contributed by atoms with van der Waals surface area (Å²) in [4.78, 5) is 0. The van der Waals surface area contributed by atoms with Gasteiger partial charge in [-0.3, -0.25) is 0 Å². The largest absolute Gasteiger partial charge is 0.368 e. The number of rotatable bonds is 5. The highest BCUT2D eigenvalue weighted by atomic mass is 15.2. The number of aromatic nitrogens is 2. The monoisotopic (exact) mass is 194 g/mol. The van der Waals surface area contributed by atoms with Crippen molar-refractivity contribution >= 4 is 5.82 Å². The van der Waals surface area contributed by atoms with Gasteiger partial charge in [-0.2, -0.15) is 5.10 Å². The average molecular weight is 194 g/mol. The minimum absolute atomic E-state index is 0.619. The molecule has 0 fully saturated rings. The maximum Gasteiger partial charge on any atom is 0.148 e. The molecule has 0 aliphatic carbocycles. The summed E-state index contributed by atoms with van der Waals surface area (Å²) in [6, 6.07) is 3.94. The fraction of sp³-hybridized carbons (Fsp3) is 0.600. The zero-order valence-corrected chi connectivity index (χ0v) is 9.04. The lowest BCUT2D eigenvalue weighted by Gasteiger charge is -2.07. The number of hydrogen-bond acceptors (Lipinski definition) is 4. The van der Waals surface area contributed by atoms with Crippen molar-refractivity contribution in [3.63, 3.8) is 0 Å². The molecular weight excluding hydrogens is 176 g/mol. The SMILES string of the molecule is CNCc1ccc(NCC(C)C)nn1. The van der Waals surface area contributed by atoms with E-state index in [-0.39, 0.29) is 0 Å². The van der Waals surface area contributed by atoms with Crippen LogP contribution in [0.15, 0.2) is 12.1 Å². The summed E-state index contributed by atoms with van der Waals surface area (Å²) >= 11 is 0. The fourth-order valence-corrected chi connectivity index (χ4v) is 1.04. The summed E-state index contributed by atoms with van der Waals surface area (Å²) in [6.45, 7) is 6.02. The summed E-state index contributed by atoms with van der Waals surface area (Å²) in [5, 5.41) is 14.4. The lowest BCUT2D eigenvalue weighted by atomic mass is 10.2. The van der Waals surface area contributed by atoms with Crippen LogP contribution in [0.25, 0.3) is 0 Å². The van der Waals surface area contributed by atoms with Gasteiger partial charge in [-0.25, -0.2) is 0 Å². The van der Waals surface area contributed by atoms with Gasteiger partial charge in [0.25, 0.3) is 0 Å². The quantitative estimate of drug-likeness (QED) is 0.741. The van der Waals surface area contributed by atoms with E-state index in [1.54, 1.807) is 0 Å². The molecule has 1 aromatic rings. The Labute approximate surface area is 85.1 Å². The molecule has 0 amide bonds. The first-order valence-corrected chi connectivity index (χ1v) is 4.93. The van der Waals surface area contributed by atoms with E-state index < -0.39 is 0 Å². The second-order valence-electron chi connectivity index (χ2n) is 3.71. The normalized spacial score (nSPS) is 10.6. The van der Waals surface area contributed by atoms with E-state index >= 15 is 0 Å². The maximum absolute atomic E-state index is 4.07. The van der Waals surface area contributed by atoms with Gasteiger partial charge in [-0.05, 0) is 25.1 Å². The molecule has 1 rings (SSSR count). The molecule has 0 saturated heterocycles. The minimum atomic E-state index is 0.619. The van der Waals surface area contributed by atoms with Crippen molar-refractivity contribution in [1.82, 2.24) is 15.5 Å². The molecule has 4 heteroatoms. The Bertz CT molecular complexity index is 255. The predicted octanol–water partition coefficient (Wildman–Crippen LogP) is 1.26. The Morgan fingerprint density at radius 3 is 2.57 bits per heavy atom. The number of hydrogen-bond donors (Lipinski definition) is 2. The maximum atomic E-state index is 4.07. The lowest BCUT2D eigenvalue weighted by Crippen LogP contribution is -2.11. The topological polar surface area (TPSA) is 49.8 Å². The van der Waals surface area contributed by atoms with E-state index in [4.69, 9.17) is 0 Å².